The number of Topliss-reactive ketones (excluding diaryl/α,β-unsaturated/α-hetero) is 1. The smallest absolute Gasteiger partial charge is 0.266 e. The summed E-state index contributed by atoms with van der Waals surface area (Å²) in [5, 5.41) is 3.35. The van der Waals surface area contributed by atoms with E-state index in [1.165, 1.54) is 10.6 Å². The fourth-order valence-corrected chi connectivity index (χ4v) is 4.53. The van der Waals surface area contributed by atoms with E-state index in [9.17, 15) is 18.8 Å². The largest absolute Gasteiger partial charge is 0.482 e. The van der Waals surface area contributed by atoms with E-state index in [-0.39, 0.29) is 34.8 Å². The molecular weight excluding hydrogens is 457 g/mol. The van der Waals surface area contributed by atoms with Crippen LogP contribution in [0.3, 0.4) is 0 Å². The first-order chi connectivity index (χ1) is 16.4. The Morgan fingerprint density at radius 1 is 1.15 bits per heavy atom. The first-order valence-corrected chi connectivity index (χ1v) is 11.4. The molecule has 1 amide bonds. The molecule has 0 aliphatic carbocycles. The van der Waals surface area contributed by atoms with Crippen molar-refractivity contribution in [3.63, 3.8) is 0 Å². The quantitative estimate of drug-likeness (QED) is 0.265. The van der Waals surface area contributed by atoms with Gasteiger partial charge in [0, 0.05) is 5.56 Å². The highest BCUT2D eigenvalue weighted by molar-refractivity contribution is 7.99. The second kappa shape index (κ2) is 8.75. The van der Waals surface area contributed by atoms with Crippen molar-refractivity contribution < 1.29 is 18.7 Å². The second-order valence-electron chi connectivity index (χ2n) is 7.75. The van der Waals surface area contributed by atoms with Gasteiger partial charge in [0.1, 0.15) is 11.6 Å². The maximum absolute atomic E-state index is 14.3. The summed E-state index contributed by atoms with van der Waals surface area (Å²) in [4.78, 5) is 42.4. The average molecular weight is 476 g/mol. The first kappa shape index (κ1) is 21.8. The van der Waals surface area contributed by atoms with Crippen LogP contribution in [0, 0.1) is 12.7 Å². The molecule has 0 saturated heterocycles. The molecule has 9 heteroatoms. The topological polar surface area (TPSA) is 90.3 Å². The molecule has 0 radical (unpaired) electrons. The van der Waals surface area contributed by atoms with Gasteiger partial charge in [0.25, 0.3) is 11.5 Å². The Bertz CT molecular complexity index is 1530. The standard InChI is InChI=1S/C25H18FN3O4S/c1-14-6-8-16(11-18(14)26)29-24(32)17-4-2-3-5-19(17)28-25(29)34-13-21(30)15-7-9-22-20(10-15)27-23(31)12-33-22/h2-11H,12-13H2,1H3,(H,27,31). The minimum atomic E-state index is -0.442. The van der Waals surface area contributed by atoms with E-state index in [1.807, 2.05) is 0 Å². The van der Waals surface area contributed by atoms with Crippen molar-refractivity contribution in [3.05, 3.63) is 88.0 Å². The number of aromatic nitrogens is 2. The molecular formula is C25H18FN3O4S. The third-order valence-electron chi connectivity index (χ3n) is 5.43. The number of carbonyl (C=O) groups excluding carboxylic acids is 2. The maximum atomic E-state index is 14.3. The number of anilines is 1. The summed E-state index contributed by atoms with van der Waals surface area (Å²) in [6.45, 7) is 1.57. The van der Waals surface area contributed by atoms with Crippen molar-refractivity contribution in [2.24, 2.45) is 0 Å². The van der Waals surface area contributed by atoms with Crippen LogP contribution in [0.15, 0.2) is 70.6 Å². The number of para-hydroxylation sites is 1. The summed E-state index contributed by atoms with van der Waals surface area (Å²) in [6, 6.07) is 16.2. The summed E-state index contributed by atoms with van der Waals surface area (Å²) < 4.78 is 21.0. The summed E-state index contributed by atoms with van der Waals surface area (Å²) >= 11 is 1.08. The second-order valence-corrected chi connectivity index (χ2v) is 8.69. The molecule has 0 saturated carbocycles. The zero-order valence-corrected chi connectivity index (χ0v) is 18.8. The van der Waals surface area contributed by atoms with Crippen molar-refractivity contribution in [3.8, 4) is 11.4 Å². The zero-order valence-electron chi connectivity index (χ0n) is 18.0. The lowest BCUT2D eigenvalue weighted by atomic mass is 10.1. The van der Waals surface area contributed by atoms with Crippen LogP contribution in [0.2, 0.25) is 0 Å². The highest BCUT2D eigenvalue weighted by atomic mass is 32.2. The third kappa shape index (κ3) is 4.06. The predicted octanol–water partition coefficient (Wildman–Crippen LogP) is 4.14. The molecule has 2 heterocycles. The number of benzene rings is 3. The molecule has 34 heavy (non-hydrogen) atoms. The summed E-state index contributed by atoms with van der Waals surface area (Å²) in [7, 11) is 0. The molecule has 1 aliphatic rings. The van der Waals surface area contributed by atoms with Crippen molar-refractivity contribution in [2.45, 2.75) is 12.1 Å². The fraction of sp³-hybridized carbons (Fsp3) is 0.120. The van der Waals surface area contributed by atoms with Gasteiger partial charge in [-0.2, -0.15) is 0 Å². The highest BCUT2D eigenvalue weighted by Gasteiger charge is 2.20. The van der Waals surface area contributed by atoms with Crippen LogP contribution in [0.4, 0.5) is 10.1 Å². The lowest BCUT2D eigenvalue weighted by molar-refractivity contribution is -0.118. The molecule has 3 aromatic carbocycles. The van der Waals surface area contributed by atoms with Gasteiger partial charge in [-0.1, -0.05) is 30.0 Å². The Labute approximate surface area is 197 Å². The van der Waals surface area contributed by atoms with Crippen LogP contribution < -0.4 is 15.6 Å². The molecule has 0 spiro atoms. The molecule has 0 bridgehead atoms. The van der Waals surface area contributed by atoms with Gasteiger partial charge < -0.3 is 10.1 Å². The van der Waals surface area contributed by atoms with Gasteiger partial charge in [-0.15, -0.1) is 0 Å². The van der Waals surface area contributed by atoms with E-state index in [2.05, 4.69) is 10.3 Å². The van der Waals surface area contributed by atoms with E-state index in [0.717, 1.165) is 11.8 Å². The molecule has 5 rings (SSSR count). The number of amides is 1. The van der Waals surface area contributed by atoms with Crippen molar-refractivity contribution in [1.82, 2.24) is 9.55 Å². The van der Waals surface area contributed by atoms with Crippen molar-refractivity contribution >= 4 is 40.0 Å². The summed E-state index contributed by atoms with van der Waals surface area (Å²) in [5.41, 5.74) is 1.74. The molecule has 0 unspecified atom stereocenters. The molecule has 0 fully saturated rings. The minimum absolute atomic E-state index is 0.0211. The van der Waals surface area contributed by atoms with Crippen molar-refractivity contribution in [1.29, 1.82) is 0 Å². The number of carbonyl (C=O) groups is 2. The van der Waals surface area contributed by atoms with Crippen LogP contribution in [-0.4, -0.2) is 33.6 Å². The number of hydrogen-bond acceptors (Lipinski definition) is 6. The number of thioether (sulfide) groups is 1. The Balaban J connectivity index is 1.50. The normalized spacial score (nSPS) is 12.7. The van der Waals surface area contributed by atoms with E-state index in [4.69, 9.17) is 4.74 Å². The van der Waals surface area contributed by atoms with Crippen molar-refractivity contribution in [2.75, 3.05) is 17.7 Å². The number of ketones is 1. The summed E-state index contributed by atoms with van der Waals surface area (Å²) in [6.07, 6.45) is 0. The van der Waals surface area contributed by atoms with Gasteiger partial charge in [0.15, 0.2) is 17.5 Å². The molecule has 0 atom stereocenters. The van der Waals surface area contributed by atoms with E-state index in [1.54, 1.807) is 61.5 Å². The third-order valence-corrected chi connectivity index (χ3v) is 6.36. The van der Waals surface area contributed by atoms with Gasteiger partial charge in [0.05, 0.1) is 28.0 Å². The highest BCUT2D eigenvalue weighted by Crippen LogP contribution is 2.30. The number of aryl methyl sites for hydroxylation is 1. The molecule has 4 aromatic rings. The van der Waals surface area contributed by atoms with Gasteiger partial charge >= 0.3 is 0 Å². The van der Waals surface area contributed by atoms with Crippen LogP contribution in [0.5, 0.6) is 5.75 Å². The molecule has 7 nitrogen and oxygen atoms in total. The Hall–Kier alpha value is -3.98. The number of nitrogens with zero attached hydrogens (tertiary/aromatic N) is 2. The van der Waals surface area contributed by atoms with Crippen LogP contribution in [-0.2, 0) is 4.79 Å². The number of ether oxygens (including phenoxy) is 1. The molecule has 1 aromatic heterocycles. The minimum Gasteiger partial charge on any atom is -0.482 e. The van der Waals surface area contributed by atoms with Gasteiger partial charge in [-0.05, 0) is 55.0 Å². The van der Waals surface area contributed by atoms with Crippen LogP contribution in [0.1, 0.15) is 15.9 Å². The van der Waals surface area contributed by atoms with Gasteiger partial charge in [0.2, 0.25) is 0 Å². The Kier molecular flexibility index (Phi) is 5.62. The number of rotatable bonds is 5. The predicted molar refractivity (Wildman–Crippen MR) is 128 cm³/mol. The fourth-order valence-electron chi connectivity index (χ4n) is 3.63. The monoisotopic (exact) mass is 475 g/mol. The molecule has 170 valence electrons. The van der Waals surface area contributed by atoms with Gasteiger partial charge in [-0.3, -0.25) is 19.0 Å². The summed E-state index contributed by atoms with van der Waals surface area (Å²) in [5.74, 6) is -0.483. The van der Waals surface area contributed by atoms with Crippen LogP contribution in [0.25, 0.3) is 16.6 Å². The van der Waals surface area contributed by atoms with E-state index in [0.29, 0.717) is 39.2 Å². The zero-order chi connectivity index (χ0) is 23.8. The van der Waals surface area contributed by atoms with E-state index >= 15 is 0 Å². The average Bonchev–Trinajstić information content (AvgIpc) is 2.84. The maximum Gasteiger partial charge on any atom is 0.266 e. The molecule has 1 aliphatic heterocycles. The van der Waals surface area contributed by atoms with Crippen LogP contribution >= 0.6 is 11.8 Å². The Morgan fingerprint density at radius 3 is 2.79 bits per heavy atom. The lowest BCUT2D eigenvalue weighted by Crippen LogP contribution is -2.25. The molecule has 1 N–H and O–H groups in total. The number of nitrogens with one attached hydrogen (secondary N) is 1. The Morgan fingerprint density at radius 2 is 1.97 bits per heavy atom. The first-order valence-electron chi connectivity index (χ1n) is 10.4. The number of hydrogen-bond donors (Lipinski definition) is 1. The SMILES string of the molecule is Cc1ccc(-n2c(SCC(=O)c3ccc4c(c3)NC(=O)CO4)nc3ccccc3c2=O)cc1F. The number of halogens is 1. The van der Waals surface area contributed by atoms with E-state index < -0.39 is 5.82 Å². The number of fused-ring (bicyclic) bond motifs is 2. The van der Waals surface area contributed by atoms with Gasteiger partial charge in [-0.25, -0.2) is 9.37 Å². The lowest BCUT2D eigenvalue weighted by Gasteiger charge is -2.18.